The van der Waals surface area contributed by atoms with Crippen LogP contribution in [0.2, 0.25) is 0 Å². The molecule has 0 unspecified atom stereocenters. The van der Waals surface area contributed by atoms with Crippen molar-refractivity contribution in [1.29, 1.82) is 10.5 Å². The molecule has 0 saturated carbocycles. The summed E-state index contributed by atoms with van der Waals surface area (Å²) >= 11 is 0.961. The number of nitriles is 2. The smallest absolute Gasteiger partial charge is 0.387 e. The fourth-order valence-electron chi connectivity index (χ4n) is 2.86. The molecule has 0 N–H and O–H groups in total. The first kappa shape index (κ1) is 22.5. The lowest BCUT2D eigenvalue weighted by Gasteiger charge is -2.09. The molecule has 0 aliphatic rings. The number of halogens is 2. The summed E-state index contributed by atoms with van der Waals surface area (Å²) in [5, 5.41) is 18.7. The van der Waals surface area contributed by atoms with Gasteiger partial charge in [0.05, 0.1) is 24.4 Å². The number of ether oxygens (including phenoxy) is 3. The maximum Gasteiger partial charge on any atom is 0.387 e. The number of alkyl halides is 2. The summed E-state index contributed by atoms with van der Waals surface area (Å²) in [6, 6.07) is 14.4. The molecule has 2 aromatic carbocycles. The van der Waals surface area contributed by atoms with Gasteiger partial charge in [-0.3, -0.25) is 9.36 Å². The Morgan fingerprint density at radius 1 is 1.06 bits per heavy atom. The Kier molecular flexibility index (Phi) is 6.88. The zero-order valence-electron chi connectivity index (χ0n) is 16.8. The van der Waals surface area contributed by atoms with Crippen molar-refractivity contribution < 1.29 is 23.0 Å². The summed E-state index contributed by atoms with van der Waals surface area (Å²) < 4.78 is 41.4. The van der Waals surface area contributed by atoms with Crippen LogP contribution in [0.1, 0.15) is 5.56 Å². The van der Waals surface area contributed by atoms with Gasteiger partial charge in [-0.15, -0.1) is 11.3 Å². The van der Waals surface area contributed by atoms with Gasteiger partial charge in [-0.25, -0.2) is 0 Å². The second-order valence-corrected chi connectivity index (χ2v) is 7.17. The van der Waals surface area contributed by atoms with E-state index in [2.05, 4.69) is 4.74 Å². The second-order valence-electron chi connectivity index (χ2n) is 6.14. The third kappa shape index (κ3) is 4.61. The average molecular weight is 455 g/mol. The topological polar surface area (TPSA) is 97.3 Å². The fraction of sp³-hybridized carbons (Fsp3) is 0.136. The first-order chi connectivity index (χ1) is 15.4. The molecule has 3 aromatic rings. The zero-order chi connectivity index (χ0) is 23.3. The SMILES string of the molecule is COc1ccc(-n2c(=C(C#N)C#N)s/c(=C/c3ccc(OC(F)F)c(OC)c3)c2=O)cc1. The molecule has 162 valence electrons. The lowest BCUT2D eigenvalue weighted by Crippen LogP contribution is -2.30. The minimum absolute atomic E-state index is 0.0626. The van der Waals surface area contributed by atoms with Crippen LogP contribution in [0.5, 0.6) is 17.2 Å². The highest BCUT2D eigenvalue weighted by Crippen LogP contribution is 2.29. The van der Waals surface area contributed by atoms with E-state index >= 15 is 0 Å². The highest BCUT2D eigenvalue weighted by molar-refractivity contribution is 7.07. The van der Waals surface area contributed by atoms with Crippen LogP contribution in [-0.2, 0) is 0 Å². The quantitative estimate of drug-likeness (QED) is 0.567. The van der Waals surface area contributed by atoms with Crippen LogP contribution in [0.4, 0.5) is 8.78 Å². The molecule has 0 spiro atoms. The Labute approximate surface area is 184 Å². The summed E-state index contributed by atoms with van der Waals surface area (Å²) in [6.45, 7) is -3.01. The van der Waals surface area contributed by atoms with E-state index in [1.165, 1.54) is 43.1 Å². The molecule has 0 fully saturated rings. The number of methoxy groups -OCH3 is 2. The number of hydrogen-bond acceptors (Lipinski definition) is 7. The highest BCUT2D eigenvalue weighted by Gasteiger charge is 2.13. The van der Waals surface area contributed by atoms with Crippen molar-refractivity contribution in [3.8, 4) is 35.1 Å². The number of rotatable bonds is 6. The monoisotopic (exact) mass is 455 g/mol. The predicted molar refractivity (Wildman–Crippen MR) is 114 cm³/mol. The Bertz CT molecular complexity index is 1380. The predicted octanol–water partition coefficient (Wildman–Crippen LogP) is 2.54. The van der Waals surface area contributed by atoms with Crippen molar-refractivity contribution in [1.82, 2.24) is 4.57 Å². The summed E-state index contributed by atoms with van der Waals surface area (Å²) in [4.78, 5) is 13.2. The molecular formula is C22H15F2N3O4S. The van der Waals surface area contributed by atoms with E-state index in [0.717, 1.165) is 11.3 Å². The third-order valence-corrected chi connectivity index (χ3v) is 5.39. The van der Waals surface area contributed by atoms with Crippen molar-refractivity contribution in [2.75, 3.05) is 14.2 Å². The Balaban J connectivity index is 2.24. The molecule has 32 heavy (non-hydrogen) atoms. The van der Waals surface area contributed by atoms with Gasteiger partial charge in [0.2, 0.25) is 0 Å². The largest absolute Gasteiger partial charge is 0.497 e. The van der Waals surface area contributed by atoms with Gasteiger partial charge in [0, 0.05) is 0 Å². The first-order valence-electron chi connectivity index (χ1n) is 8.97. The van der Waals surface area contributed by atoms with Gasteiger partial charge in [0.15, 0.2) is 17.1 Å². The van der Waals surface area contributed by atoms with Gasteiger partial charge in [0.25, 0.3) is 5.56 Å². The van der Waals surface area contributed by atoms with E-state index in [1.54, 1.807) is 24.3 Å². The molecular weight excluding hydrogens is 440 g/mol. The Morgan fingerprint density at radius 2 is 1.75 bits per heavy atom. The van der Waals surface area contributed by atoms with Crippen molar-refractivity contribution in [3.05, 3.63) is 67.6 Å². The van der Waals surface area contributed by atoms with Gasteiger partial charge in [-0.1, -0.05) is 6.07 Å². The molecule has 1 heterocycles. The first-order valence-corrected chi connectivity index (χ1v) is 9.78. The van der Waals surface area contributed by atoms with Crippen LogP contribution in [0.15, 0.2) is 47.3 Å². The number of hydrogen-bond donors (Lipinski definition) is 0. The summed E-state index contributed by atoms with van der Waals surface area (Å²) in [6.07, 6.45) is 1.51. The summed E-state index contributed by atoms with van der Waals surface area (Å²) in [7, 11) is 2.81. The molecule has 0 atom stereocenters. The average Bonchev–Trinajstić information content (AvgIpc) is 3.11. The molecule has 0 amide bonds. The van der Waals surface area contributed by atoms with Crippen LogP contribution in [-0.4, -0.2) is 25.4 Å². The Hall–Kier alpha value is -4.15. The summed E-state index contributed by atoms with van der Waals surface area (Å²) in [5.41, 5.74) is 0.250. The maximum atomic E-state index is 13.2. The van der Waals surface area contributed by atoms with E-state index in [-0.39, 0.29) is 26.3 Å². The lowest BCUT2D eigenvalue weighted by atomic mass is 10.2. The molecule has 1 aromatic heterocycles. The van der Waals surface area contributed by atoms with Gasteiger partial charge in [-0.2, -0.15) is 19.3 Å². The maximum absolute atomic E-state index is 13.2. The number of nitrogens with zero attached hydrogens (tertiary/aromatic N) is 3. The third-order valence-electron chi connectivity index (χ3n) is 4.29. The normalized spacial score (nSPS) is 11.0. The molecule has 0 bridgehead atoms. The lowest BCUT2D eigenvalue weighted by molar-refractivity contribution is -0.0512. The van der Waals surface area contributed by atoms with Crippen molar-refractivity contribution in [3.63, 3.8) is 0 Å². The van der Waals surface area contributed by atoms with Gasteiger partial charge in [0.1, 0.15) is 22.6 Å². The zero-order valence-corrected chi connectivity index (χ0v) is 17.7. The van der Waals surface area contributed by atoms with Crippen molar-refractivity contribution in [2.45, 2.75) is 6.61 Å². The van der Waals surface area contributed by atoms with Crippen molar-refractivity contribution >= 4 is 23.0 Å². The van der Waals surface area contributed by atoms with E-state index < -0.39 is 12.2 Å². The van der Waals surface area contributed by atoms with Gasteiger partial charge >= 0.3 is 6.61 Å². The minimum Gasteiger partial charge on any atom is -0.497 e. The fourth-order valence-corrected chi connectivity index (χ4v) is 3.91. The molecule has 10 heteroatoms. The van der Waals surface area contributed by atoms with Crippen LogP contribution in [0.25, 0.3) is 17.3 Å². The molecule has 0 aliphatic heterocycles. The number of aromatic nitrogens is 1. The highest BCUT2D eigenvalue weighted by atomic mass is 32.1. The van der Waals surface area contributed by atoms with E-state index in [9.17, 15) is 24.1 Å². The Morgan fingerprint density at radius 3 is 2.31 bits per heavy atom. The van der Waals surface area contributed by atoms with Crippen LogP contribution in [0.3, 0.4) is 0 Å². The number of thiazole rings is 1. The van der Waals surface area contributed by atoms with E-state index in [1.807, 2.05) is 12.1 Å². The molecule has 0 aliphatic carbocycles. The molecule has 3 rings (SSSR count). The van der Waals surface area contributed by atoms with E-state index in [4.69, 9.17) is 9.47 Å². The molecule has 0 radical (unpaired) electrons. The van der Waals surface area contributed by atoms with Gasteiger partial charge < -0.3 is 14.2 Å². The van der Waals surface area contributed by atoms with Gasteiger partial charge in [-0.05, 0) is 48.0 Å². The minimum atomic E-state index is -3.01. The van der Waals surface area contributed by atoms with E-state index in [0.29, 0.717) is 17.0 Å². The van der Waals surface area contributed by atoms with Crippen molar-refractivity contribution in [2.24, 2.45) is 0 Å². The van der Waals surface area contributed by atoms with Crippen LogP contribution < -0.4 is 29.0 Å². The standard InChI is InChI=1S/C22H15F2N3O4S/c1-29-16-6-4-15(5-7-16)27-20(28)19(32-21(27)14(11-25)12-26)10-13-3-8-17(31-22(23)24)18(9-13)30-2/h3-10,22H,1-2H3/b19-10+. The van der Waals surface area contributed by atoms with Crippen LogP contribution in [0, 0.1) is 22.7 Å². The molecule has 7 nitrogen and oxygen atoms in total. The van der Waals surface area contributed by atoms with Crippen LogP contribution >= 0.6 is 11.3 Å². The number of benzene rings is 2. The second kappa shape index (κ2) is 9.77. The molecule has 0 saturated heterocycles. The summed E-state index contributed by atoms with van der Waals surface area (Å²) in [5.74, 6) is 0.493.